The summed E-state index contributed by atoms with van der Waals surface area (Å²) in [6.45, 7) is 2.43. The van der Waals surface area contributed by atoms with Gasteiger partial charge in [-0.1, -0.05) is 39.0 Å². The summed E-state index contributed by atoms with van der Waals surface area (Å²) in [6, 6.07) is -0.429. The topological polar surface area (TPSA) is 75.4 Å². The lowest BCUT2D eigenvalue weighted by Crippen LogP contribution is -2.48. The Kier molecular flexibility index (Phi) is 5.92. The first-order valence-electron chi connectivity index (χ1n) is 6.83. The van der Waals surface area contributed by atoms with Crippen LogP contribution in [0.1, 0.15) is 58.3 Å². The summed E-state index contributed by atoms with van der Waals surface area (Å²) >= 11 is 0. The molecule has 4 N–H and O–H groups in total. The lowest BCUT2D eigenvalue weighted by Gasteiger charge is -2.32. The van der Waals surface area contributed by atoms with Crippen LogP contribution in [0.15, 0.2) is 0 Å². The Morgan fingerprint density at radius 3 is 2.65 bits per heavy atom. The fourth-order valence-corrected chi connectivity index (χ4v) is 2.32. The van der Waals surface area contributed by atoms with E-state index in [4.69, 9.17) is 5.73 Å². The van der Waals surface area contributed by atoms with Gasteiger partial charge in [-0.2, -0.15) is 0 Å². The molecule has 0 heterocycles. The molecule has 0 saturated heterocycles. The third-order valence-corrected chi connectivity index (χ3v) is 3.58. The number of nitrogens with two attached hydrogens (primary N) is 1. The number of unbranched alkanes of at least 4 members (excludes halogenated alkanes) is 1. The molecule has 1 rings (SSSR count). The van der Waals surface area contributed by atoms with Crippen LogP contribution in [0, 0.1) is 0 Å². The molecule has 0 aromatic heterocycles. The van der Waals surface area contributed by atoms with Crippen LogP contribution < -0.4 is 11.1 Å². The van der Waals surface area contributed by atoms with Crippen molar-refractivity contribution in [1.29, 1.82) is 0 Å². The molecule has 100 valence electrons. The number of rotatable bonds is 6. The highest BCUT2D eigenvalue weighted by Gasteiger charge is 2.29. The second-order valence-corrected chi connectivity index (χ2v) is 5.25. The molecule has 1 amide bonds. The van der Waals surface area contributed by atoms with Crippen molar-refractivity contribution in [1.82, 2.24) is 5.32 Å². The van der Waals surface area contributed by atoms with E-state index in [1.165, 1.54) is 6.42 Å². The van der Waals surface area contributed by atoms with Crippen molar-refractivity contribution in [2.24, 2.45) is 5.73 Å². The number of nitrogens with one attached hydrogen (secondary N) is 1. The van der Waals surface area contributed by atoms with Gasteiger partial charge in [-0.05, 0) is 19.3 Å². The zero-order valence-corrected chi connectivity index (χ0v) is 10.9. The largest absolute Gasteiger partial charge is 0.388 e. The monoisotopic (exact) mass is 242 g/mol. The average Bonchev–Trinajstić information content (AvgIpc) is 2.34. The van der Waals surface area contributed by atoms with Gasteiger partial charge in [0.2, 0.25) is 5.91 Å². The lowest BCUT2D eigenvalue weighted by atomic mass is 9.85. The Balaban J connectivity index is 2.26. The second-order valence-electron chi connectivity index (χ2n) is 5.25. The van der Waals surface area contributed by atoms with E-state index in [9.17, 15) is 9.90 Å². The van der Waals surface area contributed by atoms with Gasteiger partial charge < -0.3 is 16.2 Å². The SMILES string of the molecule is CCCCC(N)C(=O)NCC1(O)CCCCC1. The Hall–Kier alpha value is -0.610. The molecule has 0 bridgehead atoms. The van der Waals surface area contributed by atoms with Crippen molar-refractivity contribution in [3.63, 3.8) is 0 Å². The number of hydrogen-bond acceptors (Lipinski definition) is 3. The van der Waals surface area contributed by atoms with Gasteiger partial charge in [0.1, 0.15) is 0 Å². The molecule has 1 atom stereocenters. The maximum Gasteiger partial charge on any atom is 0.237 e. The van der Waals surface area contributed by atoms with Crippen molar-refractivity contribution >= 4 is 5.91 Å². The molecule has 1 saturated carbocycles. The van der Waals surface area contributed by atoms with Crippen molar-refractivity contribution < 1.29 is 9.90 Å². The number of amides is 1. The van der Waals surface area contributed by atoms with E-state index < -0.39 is 11.6 Å². The van der Waals surface area contributed by atoms with Crippen LogP contribution >= 0.6 is 0 Å². The van der Waals surface area contributed by atoms with Crippen LogP contribution in [0.25, 0.3) is 0 Å². The van der Waals surface area contributed by atoms with Gasteiger partial charge in [0, 0.05) is 6.54 Å². The molecule has 1 aliphatic carbocycles. The van der Waals surface area contributed by atoms with Crippen LogP contribution in [0.2, 0.25) is 0 Å². The summed E-state index contributed by atoms with van der Waals surface area (Å²) < 4.78 is 0. The quantitative estimate of drug-likeness (QED) is 0.657. The van der Waals surface area contributed by atoms with Crippen LogP contribution in [0.5, 0.6) is 0 Å². The summed E-state index contributed by atoms with van der Waals surface area (Å²) in [6.07, 6.45) is 7.61. The van der Waals surface area contributed by atoms with E-state index in [1.807, 2.05) is 0 Å². The van der Waals surface area contributed by atoms with Gasteiger partial charge in [0.15, 0.2) is 0 Å². The minimum Gasteiger partial charge on any atom is -0.388 e. The predicted molar refractivity (Wildman–Crippen MR) is 68.5 cm³/mol. The normalized spacial score (nSPS) is 20.9. The fourth-order valence-electron chi connectivity index (χ4n) is 2.32. The van der Waals surface area contributed by atoms with Gasteiger partial charge >= 0.3 is 0 Å². The zero-order valence-electron chi connectivity index (χ0n) is 10.9. The van der Waals surface area contributed by atoms with Gasteiger partial charge in [-0.3, -0.25) is 4.79 Å². The van der Waals surface area contributed by atoms with Gasteiger partial charge in [-0.15, -0.1) is 0 Å². The molecule has 1 fully saturated rings. The van der Waals surface area contributed by atoms with Gasteiger partial charge in [0.05, 0.1) is 11.6 Å². The first-order chi connectivity index (χ1) is 8.07. The molecular formula is C13H26N2O2. The Morgan fingerprint density at radius 2 is 2.06 bits per heavy atom. The Bertz CT molecular complexity index is 238. The predicted octanol–water partition coefficient (Wildman–Crippen LogP) is 1.32. The molecule has 0 radical (unpaired) electrons. The maximum absolute atomic E-state index is 11.7. The van der Waals surface area contributed by atoms with Gasteiger partial charge in [0.25, 0.3) is 0 Å². The van der Waals surface area contributed by atoms with Crippen LogP contribution in [-0.2, 0) is 4.79 Å². The second kappa shape index (κ2) is 6.97. The van der Waals surface area contributed by atoms with E-state index in [1.54, 1.807) is 0 Å². The van der Waals surface area contributed by atoms with Crippen molar-refractivity contribution in [3.05, 3.63) is 0 Å². The number of carbonyl (C=O) groups is 1. The number of carbonyl (C=O) groups excluding carboxylic acids is 1. The van der Waals surface area contributed by atoms with Crippen molar-refractivity contribution in [2.75, 3.05) is 6.54 Å². The molecule has 0 aromatic rings. The summed E-state index contributed by atoms with van der Waals surface area (Å²) in [5.74, 6) is -0.127. The maximum atomic E-state index is 11.7. The lowest BCUT2D eigenvalue weighted by molar-refractivity contribution is -0.124. The molecule has 0 aromatic carbocycles. The summed E-state index contributed by atoms with van der Waals surface area (Å²) in [4.78, 5) is 11.7. The van der Waals surface area contributed by atoms with E-state index in [0.29, 0.717) is 6.54 Å². The van der Waals surface area contributed by atoms with Crippen LogP contribution in [0.3, 0.4) is 0 Å². The fraction of sp³-hybridized carbons (Fsp3) is 0.923. The Labute approximate surface area is 104 Å². The number of aliphatic hydroxyl groups is 1. The van der Waals surface area contributed by atoms with E-state index in [2.05, 4.69) is 12.2 Å². The molecule has 1 aliphatic rings. The van der Waals surface area contributed by atoms with Crippen LogP contribution in [0.4, 0.5) is 0 Å². The summed E-state index contributed by atoms with van der Waals surface area (Å²) in [7, 11) is 0. The molecular weight excluding hydrogens is 216 g/mol. The highest BCUT2D eigenvalue weighted by Crippen LogP contribution is 2.27. The highest BCUT2D eigenvalue weighted by molar-refractivity contribution is 5.81. The molecule has 4 nitrogen and oxygen atoms in total. The minimum absolute atomic E-state index is 0.127. The number of hydrogen-bond donors (Lipinski definition) is 3. The van der Waals surface area contributed by atoms with Crippen molar-refractivity contribution in [2.45, 2.75) is 69.9 Å². The standard InChI is InChI=1S/C13H26N2O2/c1-2-3-7-11(14)12(16)15-10-13(17)8-5-4-6-9-13/h11,17H,2-10,14H2,1H3,(H,15,16). The average molecular weight is 242 g/mol. The smallest absolute Gasteiger partial charge is 0.237 e. The molecule has 0 spiro atoms. The zero-order chi connectivity index (χ0) is 12.7. The third-order valence-electron chi connectivity index (χ3n) is 3.58. The molecule has 0 aliphatic heterocycles. The third kappa shape index (κ3) is 5.04. The first-order valence-corrected chi connectivity index (χ1v) is 6.83. The highest BCUT2D eigenvalue weighted by atomic mass is 16.3. The molecule has 1 unspecified atom stereocenters. The Morgan fingerprint density at radius 1 is 1.41 bits per heavy atom. The first kappa shape index (κ1) is 14.5. The van der Waals surface area contributed by atoms with E-state index >= 15 is 0 Å². The van der Waals surface area contributed by atoms with Crippen molar-refractivity contribution in [3.8, 4) is 0 Å². The van der Waals surface area contributed by atoms with Gasteiger partial charge in [-0.25, -0.2) is 0 Å². The molecule has 17 heavy (non-hydrogen) atoms. The summed E-state index contributed by atoms with van der Waals surface area (Å²) in [5.41, 5.74) is 5.07. The van der Waals surface area contributed by atoms with E-state index in [-0.39, 0.29) is 5.91 Å². The molecule has 4 heteroatoms. The minimum atomic E-state index is -0.696. The summed E-state index contributed by atoms with van der Waals surface area (Å²) in [5, 5.41) is 13.0. The van der Waals surface area contributed by atoms with E-state index in [0.717, 1.165) is 44.9 Å². The van der Waals surface area contributed by atoms with Crippen LogP contribution in [-0.4, -0.2) is 29.2 Å².